The average Bonchev–Trinajstić information content (AvgIpc) is 3.26. The van der Waals surface area contributed by atoms with Gasteiger partial charge in [0.2, 0.25) is 10.0 Å². The highest BCUT2D eigenvalue weighted by Crippen LogP contribution is 2.23. The summed E-state index contributed by atoms with van der Waals surface area (Å²) in [5, 5.41) is 4.91. The molecule has 2 heterocycles. The minimum absolute atomic E-state index is 0.0835. The van der Waals surface area contributed by atoms with Gasteiger partial charge in [-0.2, -0.15) is 4.31 Å². The standard InChI is InChI=1S/C19H22N4O6S/c1-28-15-2-4-16(5-3-15)30(26,27)23-10-11-29-17(23)13-22-19(25)18(24)21-12-14-6-8-20-9-7-14/h2-9,17H,10-13H2,1H3,(H,21,24)(H,22,25)/t17-/m0/s1. The third kappa shape index (κ3) is 5.12. The van der Waals surface area contributed by atoms with E-state index in [1.165, 1.54) is 19.2 Å². The number of aromatic nitrogens is 1. The van der Waals surface area contributed by atoms with Crippen molar-refractivity contribution in [1.29, 1.82) is 0 Å². The molecule has 10 nitrogen and oxygen atoms in total. The molecular weight excluding hydrogens is 412 g/mol. The van der Waals surface area contributed by atoms with Crippen LogP contribution in [0.5, 0.6) is 5.75 Å². The third-order valence-electron chi connectivity index (χ3n) is 4.46. The minimum atomic E-state index is -3.83. The van der Waals surface area contributed by atoms with Gasteiger partial charge in [-0.3, -0.25) is 14.6 Å². The topological polar surface area (TPSA) is 127 Å². The van der Waals surface area contributed by atoms with Crippen molar-refractivity contribution in [2.24, 2.45) is 0 Å². The molecule has 3 rings (SSSR count). The van der Waals surface area contributed by atoms with Crippen molar-refractivity contribution in [2.75, 3.05) is 26.8 Å². The highest BCUT2D eigenvalue weighted by molar-refractivity contribution is 7.89. The van der Waals surface area contributed by atoms with Crippen LogP contribution < -0.4 is 15.4 Å². The molecule has 0 spiro atoms. The normalized spacial score (nSPS) is 16.8. The third-order valence-corrected chi connectivity index (χ3v) is 6.36. The second kappa shape index (κ2) is 9.65. The summed E-state index contributed by atoms with van der Waals surface area (Å²) in [6.45, 7) is 0.344. The van der Waals surface area contributed by atoms with Crippen molar-refractivity contribution >= 4 is 21.8 Å². The molecule has 11 heteroatoms. The summed E-state index contributed by atoms with van der Waals surface area (Å²) in [5.74, 6) is -1.16. The molecule has 160 valence electrons. The Balaban J connectivity index is 1.56. The fourth-order valence-electron chi connectivity index (χ4n) is 2.85. The van der Waals surface area contributed by atoms with E-state index in [4.69, 9.17) is 9.47 Å². The van der Waals surface area contributed by atoms with E-state index in [9.17, 15) is 18.0 Å². The summed E-state index contributed by atoms with van der Waals surface area (Å²) in [7, 11) is -2.34. The molecule has 1 aromatic carbocycles. The van der Waals surface area contributed by atoms with Gasteiger partial charge >= 0.3 is 11.8 Å². The molecule has 2 amide bonds. The Kier molecular flexibility index (Phi) is 6.98. The molecular formula is C19H22N4O6S. The van der Waals surface area contributed by atoms with Crippen molar-refractivity contribution in [3.8, 4) is 5.75 Å². The predicted octanol–water partition coefficient (Wildman–Crippen LogP) is -0.130. The van der Waals surface area contributed by atoms with Gasteiger partial charge in [-0.05, 0) is 42.0 Å². The lowest BCUT2D eigenvalue weighted by atomic mass is 10.3. The lowest BCUT2D eigenvalue weighted by molar-refractivity contribution is -0.139. The molecule has 0 aliphatic carbocycles. The number of carbonyl (C=O) groups excluding carboxylic acids is 2. The molecule has 0 saturated carbocycles. The Morgan fingerprint density at radius 1 is 1.13 bits per heavy atom. The van der Waals surface area contributed by atoms with Crippen LogP contribution in [0, 0.1) is 0 Å². The number of nitrogens with zero attached hydrogens (tertiary/aromatic N) is 2. The van der Waals surface area contributed by atoms with Gasteiger partial charge in [-0.15, -0.1) is 0 Å². The Bertz CT molecular complexity index is 982. The summed E-state index contributed by atoms with van der Waals surface area (Å²) in [4.78, 5) is 28.0. The summed E-state index contributed by atoms with van der Waals surface area (Å²) in [6.07, 6.45) is 2.25. The molecule has 30 heavy (non-hydrogen) atoms. The molecule has 1 fully saturated rings. The van der Waals surface area contributed by atoms with Crippen LogP contribution in [0.15, 0.2) is 53.7 Å². The van der Waals surface area contributed by atoms with Crippen molar-refractivity contribution < 1.29 is 27.5 Å². The van der Waals surface area contributed by atoms with E-state index < -0.39 is 28.1 Å². The van der Waals surface area contributed by atoms with Gasteiger partial charge < -0.3 is 20.1 Å². The Labute approximate surface area is 174 Å². The molecule has 2 aromatic rings. The van der Waals surface area contributed by atoms with Gasteiger partial charge in [0.25, 0.3) is 0 Å². The quantitative estimate of drug-likeness (QED) is 0.581. The van der Waals surface area contributed by atoms with Crippen LogP contribution >= 0.6 is 0 Å². The molecule has 2 N–H and O–H groups in total. The number of hydrogen-bond acceptors (Lipinski definition) is 7. The molecule has 1 atom stereocenters. The van der Waals surface area contributed by atoms with E-state index in [0.717, 1.165) is 9.87 Å². The largest absolute Gasteiger partial charge is 0.497 e. The average molecular weight is 434 g/mol. The number of amides is 2. The van der Waals surface area contributed by atoms with E-state index in [1.807, 2.05) is 0 Å². The van der Waals surface area contributed by atoms with Crippen LogP contribution in [0.25, 0.3) is 0 Å². The highest BCUT2D eigenvalue weighted by Gasteiger charge is 2.36. The zero-order valence-corrected chi connectivity index (χ0v) is 17.1. The number of sulfonamides is 1. The molecule has 1 aromatic heterocycles. The van der Waals surface area contributed by atoms with Gasteiger partial charge in [-0.1, -0.05) is 0 Å². The number of benzene rings is 1. The van der Waals surface area contributed by atoms with E-state index in [0.29, 0.717) is 5.75 Å². The lowest BCUT2D eigenvalue weighted by Crippen LogP contribution is -2.47. The number of nitrogens with one attached hydrogen (secondary N) is 2. The zero-order valence-electron chi connectivity index (χ0n) is 16.3. The van der Waals surface area contributed by atoms with Crippen LogP contribution in [0.2, 0.25) is 0 Å². The second-order valence-corrected chi connectivity index (χ2v) is 8.26. The number of pyridine rings is 1. The van der Waals surface area contributed by atoms with Gasteiger partial charge in [0.05, 0.1) is 25.2 Å². The van der Waals surface area contributed by atoms with Crippen LogP contribution in [0.4, 0.5) is 0 Å². The fraction of sp³-hybridized carbons (Fsp3) is 0.316. The maximum atomic E-state index is 12.9. The number of rotatable bonds is 7. The van der Waals surface area contributed by atoms with E-state index in [2.05, 4.69) is 15.6 Å². The first kappa shape index (κ1) is 21.7. The van der Waals surface area contributed by atoms with E-state index in [-0.39, 0.29) is 31.1 Å². The number of carbonyl (C=O) groups is 2. The van der Waals surface area contributed by atoms with Crippen LogP contribution in [-0.4, -0.2) is 62.6 Å². The summed E-state index contributed by atoms with van der Waals surface area (Å²) < 4.78 is 37.4. The van der Waals surface area contributed by atoms with Gasteiger partial charge in [-0.25, -0.2) is 8.42 Å². The van der Waals surface area contributed by atoms with E-state index in [1.54, 1.807) is 36.7 Å². The number of methoxy groups -OCH3 is 1. The molecule has 0 radical (unpaired) electrons. The molecule has 1 aliphatic rings. The van der Waals surface area contributed by atoms with Crippen molar-refractivity contribution in [3.05, 3.63) is 54.4 Å². The molecule has 1 saturated heterocycles. The van der Waals surface area contributed by atoms with Gasteiger partial charge in [0, 0.05) is 25.5 Å². The van der Waals surface area contributed by atoms with Crippen LogP contribution in [0.3, 0.4) is 0 Å². The fourth-order valence-corrected chi connectivity index (χ4v) is 4.36. The lowest BCUT2D eigenvalue weighted by Gasteiger charge is -2.23. The first-order valence-corrected chi connectivity index (χ1v) is 10.6. The Morgan fingerprint density at radius 3 is 2.47 bits per heavy atom. The van der Waals surface area contributed by atoms with Crippen LogP contribution in [-0.2, 0) is 30.9 Å². The van der Waals surface area contributed by atoms with Crippen LogP contribution in [0.1, 0.15) is 5.56 Å². The number of hydrogen-bond donors (Lipinski definition) is 2. The Morgan fingerprint density at radius 2 is 1.80 bits per heavy atom. The highest BCUT2D eigenvalue weighted by atomic mass is 32.2. The number of ether oxygens (including phenoxy) is 2. The smallest absolute Gasteiger partial charge is 0.309 e. The summed E-state index contributed by atoms with van der Waals surface area (Å²) >= 11 is 0. The van der Waals surface area contributed by atoms with Crippen molar-refractivity contribution in [1.82, 2.24) is 19.9 Å². The zero-order chi connectivity index (χ0) is 21.6. The SMILES string of the molecule is COc1ccc(S(=O)(=O)N2CCO[C@H]2CNC(=O)C(=O)NCc2ccncc2)cc1. The molecule has 1 aliphatic heterocycles. The minimum Gasteiger partial charge on any atom is -0.497 e. The van der Waals surface area contributed by atoms with E-state index >= 15 is 0 Å². The summed E-state index contributed by atoms with van der Waals surface area (Å²) in [5.41, 5.74) is 0.794. The van der Waals surface area contributed by atoms with Crippen molar-refractivity contribution in [3.63, 3.8) is 0 Å². The first-order chi connectivity index (χ1) is 14.4. The molecule has 0 unspecified atom stereocenters. The van der Waals surface area contributed by atoms with Crippen molar-refractivity contribution in [2.45, 2.75) is 17.7 Å². The Hall–Kier alpha value is -3.02. The molecule has 0 bridgehead atoms. The predicted molar refractivity (Wildman–Crippen MR) is 106 cm³/mol. The monoisotopic (exact) mass is 434 g/mol. The first-order valence-electron chi connectivity index (χ1n) is 9.14. The van der Waals surface area contributed by atoms with Gasteiger partial charge in [0.15, 0.2) is 0 Å². The summed E-state index contributed by atoms with van der Waals surface area (Å²) in [6, 6.07) is 9.41. The maximum Gasteiger partial charge on any atom is 0.309 e. The maximum absolute atomic E-state index is 12.9. The van der Waals surface area contributed by atoms with Gasteiger partial charge in [0.1, 0.15) is 12.0 Å². The second-order valence-electron chi connectivity index (χ2n) is 6.36.